The standard InChI is InChI=1S/C27H33N3O7S/c1-16-5-7-18(8-6-16)23-22(24(31)28-4)20-13-19(17-9-10-17)21(29-25(20)37-23)14-30(38(34)35)11-12-36-15-27(2,3)26(32)33/h5-8,13,17H,9-12,14-15H2,1-4H3,(H,28,31)(H,32,33)(H,34,35)/p-1. The van der Waals surface area contributed by atoms with Crippen molar-refractivity contribution < 1.29 is 32.6 Å². The Morgan fingerprint density at radius 2 is 1.97 bits per heavy atom. The van der Waals surface area contributed by atoms with Crippen LogP contribution >= 0.6 is 0 Å². The minimum Gasteiger partial charge on any atom is -0.760 e. The third-order valence-corrected chi connectivity index (χ3v) is 7.38. The van der Waals surface area contributed by atoms with Gasteiger partial charge in [0.1, 0.15) is 5.76 Å². The molecule has 0 radical (unpaired) electrons. The maximum absolute atomic E-state index is 12.9. The molecule has 10 nitrogen and oxygen atoms in total. The van der Waals surface area contributed by atoms with Crippen molar-refractivity contribution in [1.29, 1.82) is 0 Å². The number of carboxylic acid groups (broad SMARTS) is 1. The van der Waals surface area contributed by atoms with Crippen LogP contribution in [0.25, 0.3) is 22.4 Å². The Hall–Kier alpha value is -3.12. The Morgan fingerprint density at radius 3 is 2.55 bits per heavy atom. The van der Waals surface area contributed by atoms with Gasteiger partial charge in [0.05, 0.1) is 41.8 Å². The third-order valence-electron chi connectivity index (χ3n) is 6.64. The summed E-state index contributed by atoms with van der Waals surface area (Å²) in [7, 11) is 1.56. The first-order valence-electron chi connectivity index (χ1n) is 12.4. The maximum Gasteiger partial charge on any atom is 0.311 e. The first-order valence-corrected chi connectivity index (χ1v) is 13.5. The summed E-state index contributed by atoms with van der Waals surface area (Å²) in [4.78, 5) is 28.9. The van der Waals surface area contributed by atoms with Crippen LogP contribution in [-0.4, -0.2) is 61.8 Å². The number of furan rings is 1. The number of benzene rings is 1. The van der Waals surface area contributed by atoms with E-state index in [0.717, 1.165) is 29.5 Å². The van der Waals surface area contributed by atoms with E-state index < -0.39 is 22.7 Å². The number of carbonyl (C=O) groups excluding carboxylic acids is 1. The van der Waals surface area contributed by atoms with E-state index in [1.54, 1.807) is 20.9 Å². The summed E-state index contributed by atoms with van der Waals surface area (Å²) < 4.78 is 36.9. The van der Waals surface area contributed by atoms with Crippen LogP contribution in [0, 0.1) is 12.3 Å². The number of hydrogen-bond acceptors (Lipinski definition) is 7. The van der Waals surface area contributed by atoms with Crippen molar-refractivity contribution >= 4 is 34.2 Å². The molecule has 3 aromatic rings. The van der Waals surface area contributed by atoms with E-state index in [2.05, 4.69) is 5.32 Å². The number of carbonyl (C=O) groups is 2. The highest BCUT2D eigenvalue weighted by molar-refractivity contribution is 7.76. The largest absolute Gasteiger partial charge is 0.760 e. The Morgan fingerprint density at radius 1 is 1.29 bits per heavy atom. The first-order chi connectivity index (χ1) is 18.0. The number of aliphatic carboxylic acids is 1. The summed E-state index contributed by atoms with van der Waals surface area (Å²) in [5, 5.41) is 12.5. The predicted octanol–water partition coefficient (Wildman–Crippen LogP) is 3.76. The van der Waals surface area contributed by atoms with Crippen molar-refractivity contribution in [1.82, 2.24) is 14.6 Å². The number of pyridine rings is 1. The topological polar surface area (TPSA) is 145 Å². The number of fused-ring (bicyclic) bond motifs is 1. The summed E-state index contributed by atoms with van der Waals surface area (Å²) in [6, 6.07) is 9.54. The molecule has 11 heteroatoms. The van der Waals surface area contributed by atoms with Gasteiger partial charge < -0.3 is 24.1 Å². The van der Waals surface area contributed by atoms with E-state index in [4.69, 9.17) is 14.1 Å². The van der Waals surface area contributed by atoms with Crippen LogP contribution in [0.3, 0.4) is 0 Å². The van der Waals surface area contributed by atoms with E-state index in [1.165, 1.54) is 4.31 Å². The van der Waals surface area contributed by atoms with Crippen LogP contribution in [0.4, 0.5) is 0 Å². The highest BCUT2D eigenvalue weighted by Crippen LogP contribution is 2.44. The molecule has 1 fully saturated rings. The lowest BCUT2D eigenvalue weighted by molar-refractivity contribution is -0.150. The second-order valence-electron chi connectivity index (χ2n) is 10.2. The molecule has 204 valence electrons. The van der Waals surface area contributed by atoms with E-state index in [-0.39, 0.29) is 43.8 Å². The minimum absolute atomic E-state index is 0.000555. The minimum atomic E-state index is -2.56. The predicted molar refractivity (Wildman–Crippen MR) is 141 cm³/mol. The quantitative estimate of drug-likeness (QED) is 0.260. The van der Waals surface area contributed by atoms with E-state index in [9.17, 15) is 23.5 Å². The number of aromatic nitrogens is 1. The second-order valence-corrected chi connectivity index (χ2v) is 11.2. The van der Waals surface area contributed by atoms with Crippen molar-refractivity contribution in [3.63, 3.8) is 0 Å². The molecule has 1 aliphatic rings. The van der Waals surface area contributed by atoms with Crippen molar-refractivity contribution in [3.8, 4) is 11.3 Å². The fourth-order valence-electron chi connectivity index (χ4n) is 4.14. The second kappa shape index (κ2) is 11.3. The molecular formula is C27H32N3O7S-. The lowest BCUT2D eigenvalue weighted by Crippen LogP contribution is -2.33. The number of carboxylic acids is 1. The maximum atomic E-state index is 12.9. The Kier molecular flexibility index (Phi) is 8.31. The zero-order valence-electron chi connectivity index (χ0n) is 21.9. The molecule has 1 unspecified atom stereocenters. The molecule has 1 saturated carbocycles. The Balaban J connectivity index is 1.66. The van der Waals surface area contributed by atoms with E-state index in [1.807, 2.05) is 37.3 Å². The van der Waals surface area contributed by atoms with E-state index >= 15 is 0 Å². The molecule has 0 bridgehead atoms. The number of rotatable bonds is 12. The van der Waals surface area contributed by atoms with Gasteiger partial charge in [0, 0.05) is 30.4 Å². The van der Waals surface area contributed by atoms with Gasteiger partial charge in [-0.2, -0.15) is 0 Å². The number of nitrogens with one attached hydrogen (secondary N) is 1. The fraction of sp³-hybridized carbons (Fsp3) is 0.444. The van der Waals surface area contributed by atoms with Gasteiger partial charge in [-0.3, -0.25) is 13.8 Å². The summed E-state index contributed by atoms with van der Waals surface area (Å²) in [6.07, 6.45) is 1.90. The molecule has 2 aromatic heterocycles. The van der Waals surface area contributed by atoms with Crippen LogP contribution in [0.5, 0.6) is 0 Å². The van der Waals surface area contributed by atoms with Crippen LogP contribution in [-0.2, 0) is 27.3 Å². The number of aryl methyl sites for hydroxylation is 1. The van der Waals surface area contributed by atoms with Gasteiger partial charge in [0.15, 0.2) is 0 Å². The van der Waals surface area contributed by atoms with E-state index in [0.29, 0.717) is 22.4 Å². The van der Waals surface area contributed by atoms with Gasteiger partial charge in [-0.15, -0.1) is 0 Å². The third kappa shape index (κ3) is 6.12. The summed E-state index contributed by atoms with van der Waals surface area (Å²) in [5.41, 5.74) is 2.84. The number of ether oxygens (including phenoxy) is 1. The van der Waals surface area contributed by atoms with Gasteiger partial charge in [-0.1, -0.05) is 29.8 Å². The average molecular weight is 543 g/mol. The highest BCUT2D eigenvalue weighted by Gasteiger charge is 2.31. The van der Waals surface area contributed by atoms with Crippen LogP contribution < -0.4 is 5.32 Å². The number of hydrogen-bond donors (Lipinski definition) is 2. The fourth-order valence-corrected chi connectivity index (χ4v) is 4.59. The van der Waals surface area contributed by atoms with Crippen LogP contribution in [0.1, 0.15) is 59.8 Å². The van der Waals surface area contributed by atoms with Crippen LogP contribution in [0.15, 0.2) is 34.7 Å². The lowest BCUT2D eigenvalue weighted by atomic mass is 9.95. The van der Waals surface area contributed by atoms with Crippen molar-refractivity contribution in [2.45, 2.75) is 46.1 Å². The number of nitrogens with zero attached hydrogens (tertiary/aromatic N) is 2. The molecule has 1 atom stereocenters. The van der Waals surface area contributed by atoms with Gasteiger partial charge in [0.2, 0.25) is 5.71 Å². The molecule has 1 amide bonds. The Bertz CT molecular complexity index is 1360. The van der Waals surface area contributed by atoms with Gasteiger partial charge >= 0.3 is 5.97 Å². The molecular weight excluding hydrogens is 510 g/mol. The number of amides is 1. The monoisotopic (exact) mass is 542 g/mol. The molecule has 38 heavy (non-hydrogen) atoms. The molecule has 4 rings (SSSR count). The lowest BCUT2D eigenvalue weighted by Gasteiger charge is -2.25. The molecule has 0 aliphatic heterocycles. The van der Waals surface area contributed by atoms with Crippen LogP contribution in [0.2, 0.25) is 0 Å². The van der Waals surface area contributed by atoms with Gasteiger partial charge in [0.25, 0.3) is 5.91 Å². The van der Waals surface area contributed by atoms with Gasteiger partial charge in [-0.25, -0.2) is 9.29 Å². The summed E-state index contributed by atoms with van der Waals surface area (Å²) >= 11 is -2.56. The van der Waals surface area contributed by atoms with Crippen molar-refractivity contribution in [3.05, 3.63) is 52.7 Å². The highest BCUT2D eigenvalue weighted by atomic mass is 32.2. The SMILES string of the molecule is CNC(=O)c1c(-c2ccc(C)cc2)oc2nc(CN(CCOCC(C)(C)C(=O)O)S(=O)[O-])c(C3CC3)cc12. The first kappa shape index (κ1) is 27.9. The van der Waals surface area contributed by atoms with Crippen molar-refractivity contribution in [2.75, 3.05) is 26.8 Å². The molecule has 2 N–H and O–H groups in total. The zero-order chi connectivity index (χ0) is 27.6. The molecule has 0 saturated heterocycles. The Labute approximate surface area is 223 Å². The van der Waals surface area contributed by atoms with Gasteiger partial charge in [-0.05, 0) is 51.2 Å². The normalized spacial score (nSPS) is 14.7. The van der Waals surface area contributed by atoms with Crippen molar-refractivity contribution in [2.24, 2.45) is 5.41 Å². The smallest absolute Gasteiger partial charge is 0.311 e. The summed E-state index contributed by atoms with van der Waals surface area (Å²) in [5.74, 6) is -0.650. The molecule has 1 aliphatic carbocycles. The molecule has 1 aromatic carbocycles. The summed E-state index contributed by atoms with van der Waals surface area (Å²) in [6.45, 7) is 5.08. The average Bonchev–Trinajstić information content (AvgIpc) is 3.65. The zero-order valence-corrected chi connectivity index (χ0v) is 22.7. The molecule has 2 heterocycles. The molecule has 0 spiro atoms.